The summed E-state index contributed by atoms with van der Waals surface area (Å²) in [7, 11) is 1.83. The normalized spacial score (nSPS) is 14.8. The SMILES string of the molecule is CN(Cc1ccccc1)C(=O)c1nc2ccccn2c1CNCCN1CCOCC1. The Morgan fingerprint density at radius 1 is 1.13 bits per heavy atom. The van der Waals surface area contributed by atoms with E-state index in [9.17, 15) is 4.79 Å². The van der Waals surface area contributed by atoms with Crippen LogP contribution in [0.5, 0.6) is 0 Å². The minimum absolute atomic E-state index is 0.0625. The summed E-state index contributed by atoms with van der Waals surface area (Å²) in [6.07, 6.45) is 1.97. The van der Waals surface area contributed by atoms with E-state index in [-0.39, 0.29) is 5.91 Å². The zero-order valence-electron chi connectivity index (χ0n) is 17.5. The van der Waals surface area contributed by atoms with Crippen LogP contribution in [0.15, 0.2) is 54.7 Å². The lowest BCUT2D eigenvalue weighted by Crippen LogP contribution is -2.40. The number of rotatable bonds is 8. The van der Waals surface area contributed by atoms with Gasteiger partial charge in [-0.3, -0.25) is 9.69 Å². The van der Waals surface area contributed by atoms with Gasteiger partial charge < -0.3 is 19.4 Å². The molecule has 1 amide bonds. The summed E-state index contributed by atoms with van der Waals surface area (Å²) in [6.45, 7) is 6.54. The van der Waals surface area contributed by atoms with Crippen molar-refractivity contribution in [2.45, 2.75) is 13.1 Å². The Hall–Kier alpha value is -2.74. The van der Waals surface area contributed by atoms with Gasteiger partial charge in [0, 0.05) is 52.5 Å². The number of aromatic nitrogens is 2. The van der Waals surface area contributed by atoms with Crippen molar-refractivity contribution in [3.05, 3.63) is 71.7 Å². The van der Waals surface area contributed by atoms with Crippen LogP contribution in [0.2, 0.25) is 0 Å². The Bertz CT molecular complexity index is 966. The lowest BCUT2D eigenvalue weighted by molar-refractivity contribution is 0.0384. The van der Waals surface area contributed by atoms with Crippen molar-refractivity contribution in [3.63, 3.8) is 0 Å². The molecule has 1 aromatic carbocycles. The first-order chi connectivity index (χ1) is 14.7. The highest BCUT2D eigenvalue weighted by Crippen LogP contribution is 2.16. The number of carbonyl (C=O) groups is 1. The number of hydrogen-bond donors (Lipinski definition) is 1. The van der Waals surface area contributed by atoms with Crippen LogP contribution in [0.25, 0.3) is 5.65 Å². The molecule has 0 radical (unpaired) electrons. The smallest absolute Gasteiger partial charge is 0.274 e. The van der Waals surface area contributed by atoms with Crippen LogP contribution in [0.4, 0.5) is 0 Å². The summed E-state index contributed by atoms with van der Waals surface area (Å²) < 4.78 is 7.41. The highest BCUT2D eigenvalue weighted by molar-refractivity contribution is 5.94. The van der Waals surface area contributed by atoms with Gasteiger partial charge in [0.1, 0.15) is 5.65 Å². The molecule has 4 rings (SSSR count). The number of ether oxygens (including phenoxy) is 1. The van der Waals surface area contributed by atoms with Crippen molar-refractivity contribution in [1.29, 1.82) is 0 Å². The largest absolute Gasteiger partial charge is 0.379 e. The lowest BCUT2D eigenvalue weighted by Gasteiger charge is -2.26. The van der Waals surface area contributed by atoms with E-state index in [0.29, 0.717) is 18.8 Å². The number of nitrogens with zero attached hydrogens (tertiary/aromatic N) is 4. The molecule has 1 aliphatic rings. The minimum atomic E-state index is -0.0625. The maximum Gasteiger partial charge on any atom is 0.274 e. The van der Waals surface area contributed by atoms with Crippen LogP contribution in [0.3, 0.4) is 0 Å². The minimum Gasteiger partial charge on any atom is -0.379 e. The summed E-state index contributed by atoms with van der Waals surface area (Å²) in [5.74, 6) is -0.0625. The van der Waals surface area contributed by atoms with E-state index in [1.807, 2.05) is 66.2 Å². The monoisotopic (exact) mass is 407 g/mol. The molecule has 0 spiro atoms. The third-order valence-electron chi connectivity index (χ3n) is 5.44. The maximum atomic E-state index is 13.2. The molecule has 0 aliphatic carbocycles. The Balaban J connectivity index is 1.46. The average molecular weight is 408 g/mol. The number of benzene rings is 1. The third-order valence-corrected chi connectivity index (χ3v) is 5.44. The van der Waals surface area contributed by atoms with E-state index in [1.54, 1.807) is 4.90 Å². The second-order valence-electron chi connectivity index (χ2n) is 7.61. The van der Waals surface area contributed by atoms with Gasteiger partial charge in [-0.25, -0.2) is 4.98 Å². The van der Waals surface area contributed by atoms with Crippen molar-refractivity contribution < 1.29 is 9.53 Å². The van der Waals surface area contributed by atoms with E-state index < -0.39 is 0 Å². The first-order valence-corrected chi connectivity index (χ1v) is 10.5. The second-order valence-corrected chi connectivity index (χ2v) is 7.61. The van der Waals surface area contributed by atoms with E-state index in [1.165, 1.54) is 0 Å². The fourth-order valence-electron chi connectivity index (χ4n) is 3.77. The van der Waals surface area contributed by atoms with Crippen LogP contribution in [0.1, 0.15) is 21.7 Å². The summed E-state index contributed by atoms with van der Waals surface area (Å²) >= 11 is 0. The molecule has 0 unspecified atom stereocenters. The number of amides is 1. The van der Waals surface area contributed by atoms with E-state index >= 15 is 0 Å². The molecule has 1 fully saturated rings. The Kier molecular flexibility index (Phi) is 6.74. The van der Waals surface area contributed by atoms with Crippen molar-refractivity contribution in [3.8, 4) is 0 Å². The van der Waals surface area contributed by atoms with Gasteiger partial charge in [0.15, 0.2) is 5.69 Å². The molecule has 30 heavy (non-hydrogen) atoms. The van der Waals surface area contributed by atoms with Crippen molar-refractivity contribution >= 4 is 11.6 Å². The number of nitrogens with one attached hydrogen (secondary N) is 1. The average Bonchev–Trinajstić information content (AvgIpc) is 3.16. The highest BCUT2D eigenvalue weighted by Gasteiger charge is 2.22. The molecule has 7 nitrogen and oxygen atoms in total. The van der Waals surface area contributed by atoms with Gasteiger partial charge >= 0.3 is 0 Å². The molecule has 1 aliphatic heterocycles. The number of pyridine rings is 1. The standard InChI is InChI=1S/C23H29N5O2/c1-26(18-19-7-3-2-4-8-19)23(29)22-20(28-11-6-5-9-21(28)25-22)17-24-10-12-27-13-15-30-16-14-27/h2-9,11,24H,10,12-18H2,1H3. The number of carbonyl (C=O) groups excluding carboxylic acids is 1. The molecule has 0 saturated carbocycles. The number of hydrogen-bond acceptors (Lipinski definition) is 5. The molecule has 1 saturated heterocycles. The van der Waals surface area contributed by atoms with E-state index in [0.717, 1.165) is 56.3 Å². The number of fused-ring (bicyclic) bond motifs is 1. The van der Waals surface area contributed by atoms with E-state index in [4.69, 9.17) is 4.74 Å². The van der Waals surface area contributed by atoms with Gasteiger partial charge in [-0.2, -0.15) is 0 Å². The van der Waals surface area contributed by atoms with Crippen molar-refractivity contribution in [1.82, 2.24) is 24.5 Å². The molecule has 1 N–H and O–H groups in total. The molecule has 7 heteroatoms. The van der Waals surface area contributed by atoms with Crippen LogP contribution < -0.4 is 5.32 Å². The Labute approximate surface area is 177 Å². The lowest BCUT2D eigenvalue weighted by atomic mass is 10.2. The second kappa shape index (κ2) is 9.84. The van der Waals surface area contributed by atoms with Crippen LogP contribution in [-0.4, -0.2) is 71.5 Å². The first kappa shape index (κ1) is 20.5. The first-order valence-electron chi connectivity index (χ1n) is 10.5. The molecule has 158 valence electrons. The Morgan fingerprint density at radius 2 is 1.90 bits per heavy atom. The van der Waals surface area contributed by atoms with Crippen molar-refractivity contribution in [2.75, 3.05) is 46.4 Å². The molecule has 0 atom stereocenters. The molecule has 2 aromatic heterocycles. The number of morpholine rings is 1. The zero-order chi connectivity index (χ0) is 20.8. The van der Waals surface area contributed by atoms with Crippen LogP contribution in [0, 0.1) is 0 Å². The van der Waals surface area contributed by atoms with Crippen molar-refractivity contribution in [2.24, 2.45) is 0 Å². The molecular weight excluding hydrogens is 378 g/mol. The molecule has 3 heterocycles. The summed E-state index contributed by atoms with van der Waals surface area (Å²) in [5.41, 5.74) is 3.30. The predicted molar refractivity (Wildman–Crippen MR) is 116 cm³/mol. The zero-order valence-corrected chi connectivity index (χ0v) is 17.5. The fourth-order valence-corrected chi connectivity index (χ4v) is 3.77. The summed E-state index contributed by atoms with van der Waals surface area (Å²) in [5, 5.41) is 3.50. The Morgan fingerprint density at radius 3 is 2.70 bits per heavy atom. The van der Waals surface area contributed by atoms with Gasteiger partial charge in [-0.05, 0) is 17.7 Å². The highest BCUT2D eigenvalue weighted by atomic mass is 16.5. The predicted octanol–water partition coefficient (Wildman–Crippen LogP) is 2.03. The van der Waals surface area contributed by atoms with Gasteiger partial charge in [0.25, 0.3) is 5.91 Å². The third kappa shape index (κ3) is 4.87. The maximum absolute atomic E-state index is 13.2. The summed E-state index contributed by atoms with van der Waals surface area (Å²) in [6, 6.07) is 15.9. The van der Waals surface area contributed by atoms with Crippen LogP contribution in [-0.2, 0) is 17.8 Å². The molecular formula is C23H29N5O2. The van der Waals surface area contributed by atoms with Crippen LogP contribution >= 0.6 is 0 Å². The summed E-state index contributed by atoms with van der Waals surface area (Å²) in [4.78, 5) is 22.0. The quantitative estimate of drug-likeness (QED) is 0.579. The molecule has 0 bridgehead atoms. The molecule has 3 aromatic rings. The van der Waals surface area contributed by atoms with E-state index in [2.05, 4.69) is 15.2 Å². The fraction of sp³-hybridized carbons (Fsp3) is 0.391. The van der Waals surface area contributed by atoms with Gasteiger partial charge in [0.2, 0.25) is 0 Å². The van der Waals surface area contributed by atoms with Gasteiger partial charge in [-0.15, -0.1) is 0 Å². The topological polar surface area (TPSA) is 62.1 Å². The van der Waals surface area contributed by atoms with Gasteiger partial charge in [-0.1, -0.05) is 36.4 Å². The van der Waals surface area contributed by atoms with Gasteiger partial charge in [0.05, 0.1) is 18.9 Å². The number of imidazole rings is 1.